The quantitative estimate of drug-likeness (QED) is 0.0446. The zero-order chi connectivity index (χ0) is 43.0. The highest BCUT2D eigenvalue weighted by molar-refractivity contribution is 6.00. The van der Waals surface area contributed by atoms with E-state index in [9.17, 15) is 63.1 Å². The Morgan fingerprint density at radius 1 is 0.789 bits per heavy atom. The Labute approximate surface area is 324 Å². The summed E-state index contributed by atoms with van der Waals surface area (Å²) in [5.74, 6) is -11.0. The molecular weight excluding hydrogens is 759 g/mol. The number of non-ortho nitro benzene ring substituents is 1. The molecule has 0 heterocycles. The van der Waals surface area contributed by atoms with Crippen molar-refractivity contribution in [3.8, 4) is 5.75 Å². The van der Waals surface area contributed by atoms with E-state index in [1.807, 2.05) is 0 Å². The van der Waals surface area contributed by atoms with E-state index in [1.165, 1.54) is 24.3 Å². The Morgan fingerprint density at radius 3 is 1.91 bits per heavy atom. The van der Waals surface area contributed by atoms with Crippen LogP contribution in [0.5, 0.6) is 5.75 Å². The number of aliphatic carboxylic acids is 1. The number of benzene rings is 2. The molecule has 0 aliphatic heterocycles. The molecule has 12 N–H and O–H groups in total. The molecule has 22 heteroatoms. The van der Waals surface area contributed by atoms with Crippen LogP contribution in [0, 0.1) is 21.8 Å². The van der Waals surface area contributed by atoms with Crippen molar-refractivity contribution in [2.75, 3.05) is 6.61 Å². The summed E-state index contributed by atoms with van der Waals surface area (Å²) in [5, 5.41) is 50.9. The lowest BCUT2D eigenvalue weighted by Crippen LogP contribution is -2.60. The summed E-state index contributed by atoms with van der Waals surface area (Å²) >= 11 is 0. The molecule has 0 aliphatic rings. The predicted octanol–water partition coefficient (Wildman–Crippen LogP) is -1.63. The Bertz CT molecular complexity index is 1830. The maximum Gasteiger partial charge on any atom is 0.326 e. The van der Waals surface area contributed by atoms with E-state index >= 15 is 0 Å². The molecule has 0 bridgehead atoms. The molecule has 0 aliphatic carbocycles. The third-order valence-electron chi connectivity index (χ3n) is 8.58. The van der Waals surface area contributed by atoms with Gasteiger partial charge in [0.1, 0.15) is 41.8 Å². The minimum Gasteiger partial charge on any atom is -0.508 e. The fourth-order valence-electron chi connectivity index (χ4n) is 5.23. The molecule has 7 amide bonds. The standard InChI is InChI=1S/C35H45FN8O13/c1-3-17(2)29(34(53)39-23(10-11-27(37)47)31(50)42-26(16-28(38)48)32(51)40-24(12-13-45)35(54)55)43-33(52)25(14-18-4-7-20(46)8-5-18)41-30(49)21-15-19(44(56)57)6-9-22(21)36/h4-9,15,17,23-26,29,45-46H,3,10-14,16H2,1-2H3,(H2,37,47)(H2,38,48)(H,39,53)(H,40,51)(H,41,49)(H,42,50)(H,43,52)(H,54,55)/t17-,23-,24-,25-,26-,29-/m0/s1. The number of aromatic hydroxyl groups is 1. The topological polar surface area (TPSA) is 353 Å². The van der Waals surface area contributed by atoms with Gasteiger partial charge in [-0.05, 0) is 36.1 Å². The number of nitrogens with two attached hydrogens (primary N) is 2. The van der Waals surface area contributed by atoms with Gasteiger partial charge < -0.3 is 53.4 Å². The minimum atomic E-state index is -1.78. The average Bonchev–Trinajstić information content (AvgIpc) is 3.14. The predicted molar refractivity (Wildman–Crippen MR) is 195 cm³/mol. The van der Waals surface area contributed by atoms with Crippen molar-refractivity contribution in [3.63, 3.8) is 0 Å². The number of hydrogen-bond donors (Lipinski definition) is 10. The van der Waals surface area contributed by atoms with Gasteiger partial charge in [0.15, 0.2) is 0 Å². The molecule has 2 aromatic carbocycles. The van der Waals surface area contributed by atoms with Crippen LogP contribution in [0.2, 0.25) is 0 Å². The number of rotatable bonds is 23. The van der Waals surface area contributed by atoms with Crippen LogP contribution in [-0.4, -0.2) is 104 Å². The van der Waals surface area contributed by atoms with Crippen LogP contribution < -0.4 is 38.1 Å². The summed E-state index contributed by atoms with van der Waals surface area (Å²) in [6, 6.07) is -0.496. The van der Waals surface area contributed by atoms with Crippen molar-refractivity contribution in [1.82, 2.24) is 26.6 Å². The highest BCUT2D eigenvalue weighted by Crippen LogP contribution is 2.18. The second-order valence-electron chi connectivity index (χ2n) is 12.9. The number of carboxylic acid groups (broad SMARTS) is 1. The Morgan fingerprint density at radius 2 is 1.37 bits per heavy atom. The van der Waals surface area contributed by atoms with E-state index in [1.54, 1.807) is 13.8 Å². The van der Waals surface area contributed by atoms with Gasteiger partial charge in [0.2, 0.25) is 35.4 Å². The summed E-state index contributed by atoms with van der Waals surface area (Å²) in [4.78, 5) is 113. The van der Waals surface area contributed by atoms with E-state index in [2.05, 4.69) is 26.6 Å². The number of carboxylic acids is 1. The number of carbonyl (C=O) groups is 8. The van der Waals surface area contributed by atoms with Gasteiger partial charge >= 0.3 is 5.97 Å². The third-order valence-corrected chi connectivity index (χ3v) is 8.58. The number of nitrogens with one attached hydrogen (secondary N) is 5. The zero-order valence-electron chi connectivity index (χ0n) is 30.9. The van der Waals surface area contributed by atoms with Crippen LogP contribution in [0.3, 0.4) is 0 Å². The largest absolute Gasteiger partial charge is 0.508 e. The lowest BCUT2D eigenvalue weighted by atomic mass is 9.96. The van der Waals surface area contributed by atoms with Gasteiger partial charge in [-0.25, -0.2) is 9.18 Å². The summed E-state index contributed by atoms with van der Waals surface area (Å²) in [6.45, 7) is 2.57. The van der Waals surface area contributed by atoms with Crippen molar-refractivity contribution >= 4 is 53.0 Å². The van der Waals surface area contributed by atoms with Crippen molar-refractivity contribution in [2.45, 2.75) is 82.6 Å². The van der Waals surface area contributed by atoms with Gasteiger partial charge in [-0.3, -0.25) is 43.7 Å². The monoisotopic (exact) mass is 804 g/mol. The molecule has 21 nitrogen and oxygen atoms in total. The van der Waals surface area contributed by atoms with Crippen molar-refractivity contribution in [3.05, 3.63) is 69.5 Å². The second-order valence-corrected chi connectivity index (χ2v) is 12.9. The number of nitrogens with zero attached hydrogens (tertiary/aromatic N) is 1. The minimum absolute atomic E-state index is 0.126. The summed E-state index contributed by atoms with van der Waals surface area (Å²) < 4.78 is 14.7. The maximum atomic E-state index is 14.7. The first-order valence-electron chi connectivity index (χ1n) is 17.4. The van der Waals surface area contributed by atoms with Crippen LogP contribution in [0.15, 0.2) is 42.5 Å². The van der Waals surface area contributed by atoms with E-state index in [4.69, 9.17) is 16.6 Å². The number of phenolic OH excluding ortho intramolecular Hbond substituents is 1. The summed E-state index contributed by atoms with van der Waals surface area (Å²) in [7, 11) is 0. The van der Waals surface area contributed by atoms with Crippen LogP contribution in [0.1, 0.15) is 61.9 Å². The average molecular weight is 805 g/mol. The first kappa shape index (κ1) is 46.4. The second kappa shape index (κ2) is 22.0. The molecule has 0 saturated heterocycles. The Balaban J connectivity index is 2.44. The fourth-order valence-corrected chi connectivity index (χ4v) is 5.23. The molecule has 0 radical (unpaired) electrons. The fraction of sp³-hybridized carbons (Fsp3) is 0.429. The van der Waals surface area contributed by atoms with E-state index in [0.29, 0.717) is 17.7 Å². The SMILES string of the molecule is CC[C@H](C)[C@H](NC(=O)[C@H](Cc1ccc(O)cc1)NC(=O)c1cc([N+](=O)[O-])ccc1F)C(=O)N[C@@H](CCC(N)=O)C(=O)N[C@@H](CC(N)=O)C(=O)N[C@@H](CCO)C(=O)O. The molecule has 0 spiro atoms. The van der Waals surface area contributed by atoms with Crippen molar-refractivity contribution < 1.29 is 63.0 Å². The van der Waals surface area contributed by atoms with E-state index in [0.717, 1.165) is 6.07 Å². The highest BCUT2D eigenvalue weighted by atomic mass is 19.1. The summed E-state index contributed by atoms with van der Waals surface area (Å²) in [6.07, 6.45) is -2.27. The third kappa shape index (κ3) is 14.8. The molecule has 57 heavy (non-hydrogen) atoms. The molecule has 0 saturated carbocycles. The molecule has 310 valence electrons. The van der Waals surface area contributed by atoms with Crippen LogP contribution in [-0.2, 0) is 40.0 Å². The first-order chi connectivity index (χ1) is 26.8. The number of nitro benzene ring substituents is 1. The van der Waals surface area contributed by atoms with Gasteiger partial charge in [0.25, 0.3) is 11.6 Å². The van der Waals surface area contributed by atoms with Crippen molar-refractivity contribution in [1.29, 1.82) is 0 Å². The molecule has 6 atom stereocenters. The molecule has 2 rings (SSSR count). The zero-order valence-corrected chi connectivity index (χ0v) is 30.9. The normalized spacial score (nSPS) is 14.0. The van der Waals surface area contributed by atoms with E-state index < -0.39 is 138 Å². The van der Waals surface area contributed by atoms with Crippen LogP contribution >= 0.6 is 0 Å². The smallest absolute Gasteiger partial charge is 0.326 e. The number of aliphatic hydroxyl groups is 1. The van der Waals surface area contributed by atoms with Crippen LogP contribution in [0.4, 0.5) is 10.1 Å². The number of nitro groups is 1. The van der Waals surface area contributed by atoms with Gasteiger partial charge in [-0.1, -0.05) is 32.4 Å². The molecule has 0 fully saturated rings. The molecular formula is C35H45FN8O13. The summed E-state index contributed by atoms with van der Waals surface area (Å²) in [5.41, 5.74) is 9.50. The number of aliphatic hydroxyl groups excluding tert-OH is 1. The lowest BCUT2D eigenvalue weighted by Gasteiger charge is -2.29. The van der Waals surface area contributed by atoms with Crippen molar-refractivity contribution in [2.24, 2.45) is 17.4 Å². The molecule has 0 aromatic heterocycles. The number of carbonyl (C=O) groups excluding carboxylic acids is 7. The highest BCUT2D eigenvalue weighted by Gasteiger charge is 2.35. The Kier molecular flexibility index (Phi) is 17.9. The Hall–Kier alpha value is -6.71. The number of amides is 7. The first-order valence-corrected chi connectivity index (χ1v) is 17.4. The number of hydrogen-bond acceptors (Lipinski definition) is 12. The van der Waals surface area contributed by atoms with Gasteiger partial charge in [-0.2, -0.15) is 0 Å². The number of halogens is 1. The number of primary amides is 2. The van der Waals surface area contributed by atoms with Gasteiger partial charge in [0, 0.05) is 38.0 Å². The van der Waals surface area contributed by atoms with Crippen LogP contribution in [0.25, 0.3) is 0 Å². The van der Waals surface area contributed by atoms with Gasteiger partial charge in [0.05, 0.1) is 16.9 Å². The van der Waals surface area contributed by atoms with Gasteiger partial charge in [-0.15, -0.1) is 0 Å². The molecule has 2 aromatic rings. The van der Waals surface area contributed by atoms with E-state index in [-0.39, 0.29) is 18.6 Å². The molecule has 0 unspecified atom stereocenters. The maximum absolute atomic E-state index is 14.7. The number of phenols is 1. The lowest BCUT2D eigenvalue weighted by molar-refractivity contribution is -0.384.